The Bertz CT molecular complexity index is 2180. The van der Waals surface area contributed by atoms with Gasteiger partial charge < -0.3 is 14.8 Å². The zero-order chi connectivity index (χ0) is 33.6. The zero-order valence-corrected chi connectivity index (χ0v) is 27.3. The minimum atomic E-state index is -0.652. The lowest BCUT2D eigenvalue weighted by Crippen LogP contribution is -2.35. The van der Waals surface area contributed by atoms with Crippen molar-refractivity contribution < 1.29 is 14.3 Å². The third-order valence-electron chi connectivity index (χ3n) is 9.13. The summed E-state index contributed by atoms with van der Waals surface area (Å²) in [7, 11) is 0. The Balaban J connectivity index is 1.19. The van der Waals surface area contributed by atoms with Crippen LogP contribution in [-0.4, -0.2) is 69.9 Å². The van der Waals surface area contributed by atoms with E-state index in [-0.39, 0.29) is 11.6 Å². The maximum atomic E-state index is 11.4. The highest BCUT2D eigenvalue weighted by Crippen LogP contribution is 2.37. The molecule has 1 unspecified atom stereocenters. The molecule has 3 aliphatic heterocycles. The fourth-order valence-electron chi connectivity index (χ4n) is 6.62. The first-order valence-electron chi connectivity index (χ1n) is 15.9. The van der Waals surface area contributed by atoms with Crippen molar-refractivity contribution in [2.45, 2.75) is 45.8 Å². The van der Waals surface area contributed by atoms with Gasteiger partial charge in [-0.05, 0) is 86.2 Å². The number of oxazole rings is 1. The molecule has 240 valence electrons. The normalized spacial score (nSPS) is 20.7. The van der Waals surface area contributed by atoms with Crippen molar-refractivity contribution in [1.29, 1.82) is 5.26 Å². The van der Waals surface area contributed by atoms with Crippen molar-refractivity contribution in [2.75, 3.05) is 25.0 Å². The second kappa shape index (κ2) is 12.3. The number of aliphatic imine (C=N–C) groups is 3. The van der Waals surface area contributed by atoms with Crippen LogP contribution in [0.25, 0.3) is 33.7 Å². The third kappa shape index (κ3) is 5.90. The van der Waals surface area contributed by atoms with Crippen LogP contribution >= 0.6 is 0 Å². The lowest BCUT2D eigenvalue weighted by molar-refractivity contribution is 0.0700. The van der Waals surface area contributed by atoms with Crippen molar-refractivity contribution in [3.63, 3.8) is 0 Å². The number of carbonyl (C=O) groups is 1. The number of hydrogen-bond donors (Lipinski definition) is 2. The molecule has 2 N–H and O–H groups in total. The highest BCUT2D eigenvalue weighted by molar-refractivity contribution is 6.50. The van der Waals surface area contributed by atoms with Crippen LogP contribution in [0.15, 0.2) is 91.9 Å². The van der Waals surface area contributed by atoms with Gasteiger partial charge >= 0.3 is 0 Å². The predicted molar refractivity (Wildman–Crippen MR) is 189 cm³/mol. The van der Waals surface area contributed by atoms with Gasteiger partial charge in [0.1, 0.15) is 35.5 Å². The second-order valence-corrected chi connectivity index (χ2v) is 12.9. The molecule has 0 spiro atoms. The van der Waals surface area contributed by atoms with E-state index in [4.69, 9.17) is 19.4 Å². The molecule has 3 aliphatic rings. The lowest BCUT2D eigenvalue weighted by Gasteiger charge is -2.21. The fourth-order valence-corrected chi connectivity index (χ4v) is 6.62. The van der Waals surface area contributed by atoms with Crippen molar-refractivity contribution in [1.82, 2.24) is 9.88 Å². The van der Waals surface area contributed by atoms with Crippen molar-refractivity contribution in [3.05, 3.63) is 94.7 Å². The Kier molecular flexibility index (Phi) is 7.95. The van der Waals surface area contributed by atoms with Gasteiger partial charge in [-0.15, -0.1) is 0 Å². The summed E-state index contributed by atoms with van der Waals surface area (Å²) < 4.78 is 6.10. The Morgan fingerprint density at radius 1 is 1.12 bits per heavy atom. The molecular formula is C38H35N7O3. The molecule has 4 aromatic rings. The van der Waals surface area contributed by atoms with Crippen LogP contribution in [0.3, 0.4) is 0 Å². The Morgan fingerprint density at radius 3 is 2.65 bits per heavy atom. The Labute approximate surface area is 278 Å². The minimum Gasteiger partial charge on any atom is -0.435 e. The van der Waals surface area contributed by atoms with Gasteiger partial charge in [-0.25, -0.2) is 9.98 Å². The summed E-state index contributed by atoms with van der Waals surface area (Å²) in [5.74, 6) is 1.70. The number of aliphatic hydroxyl groups is 1. The maximum absolute atomic E-state index is 11.4. The zero-order valence-electron chi connectivity index (χ0n) is 27.3. The molecule has 0 aliphatic carbocycles. The van der Waals surface area contributed by atoms with E-state index in [2.05, 4.69) is 52.5 Å². The number of β-amino-alcohol motifs (C(OH)–C–C–N with tert-alkyl or cyclic N) is 1. The molecule has 1 saturated heterocycles. The van der Waals surface area contributed by atoms with Gasteiger partial charge in [0.05, 0.1) is 11.2 Å². The maximum Gasteiger partial charge on any atom is 0.227 e. The van der Waals surface area contributed by atoms with Crippen LogP contribution in [0.5, 0.6) is 0 Å². The van der Waals surface area contributed by atoms with Gasteiger partial charge in [0.25, 0.3) is 0 Å². The van der Waals surface area contributed by atoms with Crippen LogP contribution < -0.4 is 5.32 Å². The SMILES string of the molecule is CC1=NC2C=CC(CN3CC[C@](C)(O)C3)=CN=C2C(Nc2cccc(-c3cccc(-c4nc5cc(C=O)cc(C#N)c5o4)c3C)c2C)=N1. The molecular weight excluding hydrogens is 602 g/mol. The monoisotopic (exact) mass is 637 g/mol. The summed E-state index contributed by atoms with van der Waals surface area (Å²) in [5.41, 5.74) is 8.34. The molecule has 0 bridgehead atoms. The smallest absolute Gasteiger partial charge is 0.227 e. The van der Waals surface area contributed by atoms with Crippen LogP contribution in [-0.2, 0) is 0 Å². The molecule has 3 aromatic carbocycles. The van der Waals surface area contributed by atoms with E-state index in [9.17, 15) is 15.2 Å². The standard InChI is InChI=1S/C38H35N7O3/c1-22-28(7-5-9-30(22)37-44-33-16-26(20-46)15-27(17-39)35(33)48-37)29-8-6-10-31(23(29)2)43-36-34-32(41-24(3)42-36)12-11-25(18-40-34)19-45-14-13-38(4,47)21-45/h5-12,15-16,18,20,32,47H,13-14,19,21H2,1-4H3,(H,41,42,43)/t32?,38-/m0/s1. The number of fused-ring (bicyclic) bond motifs is 2. The molecule has 10 heteroatoms. The number of likely N-dealkylation sites (tertiary alicyclic amines) is 1. The Morgan fingerprint density at radius 2 is 1.90 bits per heavy atom. The van der Waals surface area contributed by atoms with Gasteiger partial charge in [0, 0.05) is 42.6 Å². The average Bonchev–Trinajstić information content (AvgIpc) is 3.58. The number of nitriles is 1. The molecule has 4 heterocycles. The van der Waals surface area contributed by atoms with Crippen molar-refractivity contribution >= 4 is 40.5 Å². The van der Waals surface area contributed by atoms with Gasteiger partial charge in [0.15, 0.2) is 11.4 Å². The number of carbonyl (C=O) groups excluding carboxylic acids is 1. The van der Waals surface area contributed by atoms with Crippen LogP contribution in [0.2, 0.25) is 0 Å². The third-order valence-corrected chi connectivity index (χ3v) is 9.13. The van der Waals surface area contributed by atoms with Crippen LogP contribution in [0.1, 0.15) is 47.3 Å². The highest BCUT2D eigenvalue weighted by Gasteiger charge is 2.32. The largest absolute Gasteiger partial charge is 0.435 e. The molecule has 1 fully saturated rings. The van der Waals surface area contributed by atoms with E-state index >= 15 is 0 Å². The quantitative estimate of drug-likeness (QED) is 0.232. The molecule has 48 heavy (non-hydrogen) atoms. The number of nitrogens with one attached hydrogen (secondary N) is 1. The topological polar surface area (TPSA) is 139 Å². The van der Waals surface area contributed by atoms with Gasteiger partial charge in [-0.2, -0.15) is 5.26 Å². The summed E-state index contributed by atoms with van der Waals surface area (Å²) in [6.07, 6.45) is 7.49. The number of aromatic nitrogens is 1. The number of benzene rings is 3. The summed E-state index contributed by atoms with van der Waals surface area (Å²) in [5, 5.41) is 23.6. The average molecular weight is 638 g/mol. The number of hydrogen-bond acceptors (Lipinski definition) is 10. The summed E-state index contributed by atoms with van der Waals surface area (Å²) in [4.78, 5) is 32.7. The molecule has 2 atom stereocenters. The highest BCUT2D eigenvalue weighted by atomic mass is 16.3. The van der Waals surface area contributed by atoms with Gasteiger partial charge in [-0.1, -0.05) is 36.4 Å². The summed E-state index contributed by atoms with van der Waals surface area (Å²) in [6, 6.07) is 17.1. The molecule has 0 saturated carbocycles. The van der Waals surface area contributed by atoms with Crippen LogP contribution in [0.4, 0.5) is 5.69 Å². The van der Waals surface area contributed by atoms with E-state index in [1.807, 2.05) is 51.2 Å². The van der Waals surface area contributed by atoms with Crippen molar-refractivity contribution in [3.8, 4) is 28.7 Å². The summed E-state index contributed by atoms with van der Waals surface area (Å²) >= 11 is 0. The number of anilines is 1. The summed E-state index contributed by atoms with van der Waals surface area (Å²) in [6.45, 7) is 10.1. The van der Waals surface area contributed by atoms with E-state index < -0.39 is 5.60 Å². The van der Waals surface area contributed by atoms with E-state index in [1.54, 1.807) is 6.07 Å². The fraction of sp³-hybridized carbons (Fsp3) is 0.263. The van der Waals surface area contributed by atoms with Gasteiger partial charge in [0.2, 0.25) is 5.89 Å². The van der Waals surface area contributed by atoms with Crippen LogP contribution in [0, 0.1) is 25.2 Å². The van der Waals surface area contributed by atoms with E-state index in [0.29, 0.717) is 53.6 Å². The first-order chi connectivity index (χ1) is 23.1. The lowest BCUT2D eigenvalue weighted by atomic mass is 9.92. The molecule has 1 aromatic heterocycles. The number of nitrogens with zero attached hydrogens (tertiary/aromatic N) is 6. The second-order valence-electron chi connectivity index (χ2n) is 12.9. The number of aldehydes is 1. The number of rotatable bonds is 6. The first kappa shape index (κ1) is 31.1. The van der Waals surface area contributed by atoms with Crippen molar-refractivity contribution in [2.24, 2.45) is 15.0 Å². The Hall–Kier alpha value is -5.50. The number of amidine groups is 2. The molecule has 10 nitrogen and oxygen atoms in total. The van der Waals surface area contributed by atoms with E-state index in [0.717, 1.165) is 57.8 Å². The van der Waals surface area contributed by atoms with Gasteiger partial charge in [-0.3, -0.25) is 19.7 Å². The predicted octanol–water partition coefficient (Wildman–Crippen LogP) is 6.43. The van der Waals surface area contributed by atoms with E-state index in [1.165, 1.54) is 6.07 Å². The first-order valence-corrected chi connectivity index (χ1v) is 15.9. The minimum absolute atomic E-state index is 0.261. The molecule has 0 amide bonds. The molecule has 0 radical (unpaired) electrons. The molecule has 7 rings (SSSR count).